The molecule has 1 aromatic carbocycles. The van der Waals surface area contributed by atoms with Crippen molar-refractivity contribution in [1.29, 1.82) is 0 Å². The van der Waals surface area contributed by atoms with Crippen LogP contribution in [0.2, 0.25) is 0 Å². The second-order valence-corrected chi connectivity index (χ2v) is 8.87. The minimum absolute atomic E-state index is 0.255. The summed E-state index contributed by atoms with van der Waals surface area (Å²) in [7, 11) is 0. The first kappa shape index (κ1) is 24.4. The molecule has 31 heavy (non-hydrogen) atoms. The van der Waals surface area contributed by atoms with E-state index in [0.717, 1.165) is 11.1 Å². The van der Waals surface area contributed by atoms with Crippen molar-refractivity contribution in [1.82, 2.24) is 0 Å². The first-order chi connectivity index (χ1) is 14.8. The SMILES string of the molecule is CC1=C(/C=C/C(C)=C/C=C/C(C)=C/C(=O)OCC=Cc2ccccc2)C(C)(C)CCC1. The number of esters is 1. The Labute approximate surface area is 188 Å². The smallest absolute Gasteiger partial charge is 0.331 e. The highest BCUT2D eigenvalue weighted by Crippen LogP contribution is 2.40. The summed E-state index contributed by atoms with van der Waals surface area (Å²) in [6.07, 6.45) is 19.5. The van der Waals surface area contributed by atoms with Crippen molar-refractivity contribution in [2.24, 2.45) is 5.41 Å². The quantitative estimate of drug-likeness (QED) is 0.246. The summed E-state index contributed by atoms with van der Waals surface area (Å²) in [5.41, 5.74) is 6.35. The van der Waals surface area contributed by atoms with E-state index in [2.05, 4.69) is 45.9 Å². The van der Waals surface area contributed by atoms with Gasteiger partial charge in [-0.1, -0.05) is 91.8 Å². The average Bonchev–Trinajstić information content (AvgIpc) is 2.71. The number of rotatable bonds is 8. The molecule has 0 aromatic heterocycles. The lowest BCUT2D eigenvalue weighted by Crippen LogP contribution is -2.19. The van der Waals surface area contributed by atoms with E-state index in [4.69, 9.17) is 4.74 Å². The summed E-state index contributed by atoms with van der Waals surface area (Å²) in [5.74, 6) is -0.331. The molecule has 0 unspecified atom stereocenters. The molecule has 0 spiro atoms. The Kier molecular flexibility index (Phi) is 9.52. The molecule has 1 aromatic rings. The number of benzene rings is 1. The van der Waals surface area contributed by atoms with Crippen LogP contribution in [0.1, 0.15) is 59.4 Å². The number of ether oxygens (including phenoxy) is 1. The molecule has 0 radical (unpaired) electrons. The van der Waals surface area contributed by atoms with Crippen LogP contribution in [0.4, 0.5) is 0 Å². The zero-order valence-electron chi connectivity index (χ0n) is 19.7. The maximum absolute atomic E-state index is 11.9. The van der Waals surface area contributed by atoms with Crippen molar-refractivity contribution in [3.05, 3.63) is 101 Å². The van der Waals surface area contributed by atoms with Crippen LogP contribution in [0.5, 0.6) is 0 Å². The van der Waals surface area contributed by atoms with Gasteiger partial charge in [0, 0.05) is 6.08 Å². The highest BCUT2D eigenvalue weighted by Gasteiger charge is 2.26. The van der Waals surface area contributed by atoms with Crippen LogP contribution in [0.3, 0.4) is 0 Å². The molecule has 0 N–H and O–H groups in total. The Morgan fingerprint density at radius 3 is 2.52 bits per heavy atom. The van der Waals surface area contributed by atoms with E-state index in [1.807, 2.05) is 61.6 Å². The molecule has 0 amide bonds. The van der Waals surface area contributed by atoms with Crippen LogP contribution in [0.15, 0.2) is 95.2 Å². The average molecular weight is 417 g/mol. The fourth-order valence-corrected chi connectivity index (χ4v) is 3.79. The molecule has 0 saturated heterocycles. The van der Waals surface area contributed by atoms with Crippen molar-refractivity contribution >= 4 is 12.0 Å². The van der Waals surface area contributed by atoms with Crippen LogP contribution < -0.4 is 0 Å². The highest BCUT2D eigenvalue weighted by molar-refractivity contribution is 5.83. The Morgan fingerprint density at radius 2 is 1.81 bits per heavy atom. The van der Waals surface area contributed by atoms with Crippen molar-refractivity contribution in [2.75, 3.05) is 6.61 Å². The molecule has 0 bridgehead atoms. The Bertz CT molecular complexity index is 919. The van der Waals surface area contributed by atoms with E-state index < -0.39 is 0 Å². The molecule has 0 heterocycles. The predicted molar refractivity (Wildman–Crippen MR) is 133 cm³/mol. The van der Waals surface area contributed by atoms with E-state index in [1.54, 1.807) is 0 Å². The second kappa shape index (κ2) is 12.1. The van der Waals surface area contributed by atoms with Crippen molar-refractivity contribution in [2.45, 2.75) is 53.9 Å². The van der Waals surface area contributed by atoms with Gasteiger partial charge in [-0.3, -0.25) is 0 Å². The Morgan fingerprint density at radius 1 is 1.06 bits per heavy atom. The van der Waals surface area contributed by atoms with E-state index in [-0.39, 0.29) is 18.0 Å². The first-order valence-corrected chi connectivity index (χ1v) is 11.1. The minimum Gasteiger partial charge on any atom is -0.458 e. The molecule has 0 fully saturated rings. The molecule has 1 aliphatic rings. The fourth-order valence-electron chi connectivity index (χ4n) is 3.79. The van der Waals surface area contributed by atoms with Gasteiger partial charge in [0.05, 0.1) is 0 Å². The largest absolute Gasteiger partial charge is 0.458 e. The van der Waals surface area contributed by atoms with Gasteiger partial charge in [0.1, 0.15) is 6.61 Å². The normalized spacial score (nSPS) is 17.8. The van der Waals surface area contributed by atoms with Gasteiger partial charge in [-0.15, -0.1) is 0 Å². The third-order valence-corrected chi connectivity index (χ3v) is 5.55. The summed E-state index contributed by atoms with van der Waals surface area (Å²) in [5, 5.41) is 0. The predicted octanol–water partition coefficient (Wildman–Crippen LogP) is 7.77. The topological polar surface area (TPSA) is 26.3 Å². The lowest BCUT2D eigenvalue weighted by molar-refractivity contribution is -0.136. The van der Waals surface area contributed by atoms with Crippen molar-refractivity contribution in [3.8, 4) is 0 Å². The van der Waals surface area contributed by atoms with Crippen LogP contribution >= 0.6 is 0 Å². The van der Waals surface area contributed by atoms with E-state index in [1.165, 1.54) is 42.1 Å². The maximum atomic E-state index is 11.9. The number of hydrogen-bond acceptors (Lipinski definition) is 2. The molecular formula is C29H36O2. The van der Waals surface area contributed by atoms with Crippen LogP contribution in [-0.4, -0.2) is 12.6 Å². The maximum Gasteiger partial charge on any atom is 0.331 e. The molecule has 164 valence electrons. The highest BCUT2D eigenvalue weighted by atomic mass is 16.5. The van der Waals surface area contributed by atoms with Crippen molar-refractivity contribution in [3.63, 3.8) is 0 Å². The van der Waals surface area contributed by atoms with Gasteiger partial charge in [0.25, 0.3) is 0 Å². The van der Waals surface area contributed by atoms with Crippen LogP contribution in [0, 0.1) is 5.41 Å². The third kappa shape index (κ3) is 8.80. The lowest BCUT2D eigenvalue weighted by atomic mass is 9.72. The summed E-state index contributed by atoms with van der Waals surface area (Å²) in [6.45, 7) is 11.2. The molecule has 0 saturated carbocycles. The van der Waals surface area contributed by atoms with Crippen LogP contribution in [0.25, 0.3) is 6.08 Å². The van der Waals surface area contributed by atoms with E-state index in [0.29, 0.717) is 0 Å². The van der Waals surface area contributed by atoms with Gasteiger partial charge in [0.15, 0.2) is 0 Å². The summed E-state index contributed by atoms with van der Waals surface area (Å²) in [4.78, 5) is 11.9. The van der Waals surface area contributed by atoms with Gasteiger partial charge in [-0.2, -0.15) is 0 Å². The molecule has 2 nitrogen and oxygen atoms in total. The second-order valence-electron chi connectivity index (χ2n) is 8.87. The molecule has 2 rings (SSSR count). The molecule has 0 atom stereocenters. The first-order valence-electron chi connectivity index (χ1n) is 11.1. The number of carbonyl (C=O) groups is 1. The van der Waals surface area contributed by atoms with Gasteiger partial charge in [0.2, 0.25) is 0 Å². The lowest BCUT2D eigenvalue weighted by Gasteiger charge is -2.32. The van der Waals surface area contributed by atoms with Crippen LogP contribution in [-0.2, 0) is 9.53 Å². The van der Waals surface area contributed by atoms with Gasteiger partial charge >= 0.3 is 5.97 Å². The van der Waals surface area contributed by atoms with Gasteiger partial charge < -0.3 is 4.74 Å². The number of allylic oxidation sites excluding steroid dienone is 9. The number of carbonyl (C=O) groups excluding carboxylic acids is 1. The van der Waals surface area contributed by atoms with Gasteiger partial charge in [-0.25, -0.2) is 4.79 Å². The molecule has 2 heteroatoms. The van der Waals surface area contributed by atoms with Crippen molar-refractivity contribution < 1.29 is 9.53 Å². The van der Waals surface area contributed by atoms with E-state index >= 15 is 0 Å². The zero-order valence-corrected chi connectivity index (χ0v) is 19.7. The summed E-state index contributed by atoms with van der Waals surface area (Å²) >= 11 is 0. The third-order valence-electron chi connectivity index (χ3n) is 5.55. The molecule has 1 aliphatic carbocycles. The molecular weight excluding hydrogens is 380 g/mol. The fraction of sp³-hybridized carbons (Fsp3) is 0.345. The standard InChI is InChI=1S/C29H36O2/c1-23(18-19-27-25(3)14-10-20-29(27,4)5)12-9-13-24(2)22-28(30)31-21-11-17-26-15-7-6-8-16-26/h6-9,11-13,15-19,22H,10,14,20-21H2,1-5H3/b13-9+,17-11?,19-18+,23-12+,24-22+. The Balaban J connectivity index is 1.84. The van der Waals surface area contributed by atoms with E-state index in [9.17, 15) is 4.79 Å². The summed E-state index contributed by atoms with van der Waals surface area (Å²) < 4.78 is 5.23. The zero-order chi connectivity index (χ0) is 22.7. The molecule has 0 aliphatic heterocycles. The monoisotopic (exact) mass is 416 g/mol. The van der Waals surface area contributed by atoms with Gasteiger partial charge in [-0.05, 0) is 68.2 Å². The summed E-state index contributed by atoms with van der Waals surface area (Å²) in [6, 6.07) is 9.94. The number of hydrogen-bond donors (Lipinski definition) is 0. The minimum atomic E-state index is -0.331. The Hall–Kier alpha value is -2.87.